The Labute approximate surface area is 147 Å². The van der Waals surface area contributed by atoms with E-state index in [9.17, 15) is 18.0 Å². The van der Waals surface area contributed by atoms with Gasteiger partial charge in [-0.1, -0.05) is 25.1 Å². The molecule has 0 saturated heterocycles. The predicted molar refractivity (Wildman–Crippen MR) is 91.1 cm³/mol. The molecule has 0 aliphatic carbocycles. The highest BCUT2D eigenvalue weighted by molar-refractivity contribution is 7.99. The van der Waals surface area contributed by atoms with Crippen molar-refractivity contribution in [3.63, 3.8) is 0 Å². The molecular formula is C18H15F3N2OS. The number of rotatable bonds is 5. The van der Waals surface area contributed by atoms with Crippen LogP contribution >= 0.6 is 11.8 Å². The highest BCUT2D eigenvalue weighted by Crippen LogP contribution is 2.33. The summed E-state index contributed by atoms with van der Waals surface area (Å²) in [6.45, 7) is 1.74. The van der Waals surface area contributed by atoms with Gasteiger partial charge >= 0.3 is 6.18 Å². The minimum atomic E-state index is -4.60. The maximum Gasteiger partial charge on any atom is 0.417 e. The number of hydrogen-bond donors (Lipinski definition) is 1. The van der Waals surface area contributed by atoms with Crippen LogP contribution in [0.5, 0.6) is 0 Å². The van der Waals surface area contributed by atoms with Crippen molar-refractivity contribution in [1.82, 2.24) is 0 Å². The van der Waals surface area contributed by atoms with E-state index in [4.69, 9.17) is 5.26 Å². The maximum atomic E-state index is 12.8. The summed E-state index contributed by atoms with van der Waals surface area (Å²) in [5.41, 5.74) is -1.36. The fraction of sp³-hybridized carbons (Fsp3) is 0.222. The lowest BCUT2D eigenvalue weighted by atomic mass is 10.1. The minimum Gasteiger partial charge on any atom is -0.326 e. The Kier molecular flexibility index (Phi) is 6.10. The number of hydrogen-bond acceptors (Lipinski definition) is 3. The Bertz CT molecular complexity index is 785. The zero-order valence-corrected chi connectivity index (χ0v) is 14.1. The average molecular weight is 364 g/mol. The van der Waals surface area contributed by atoms with E-state index in [2.05, 4.69) is 5.32 Å². The molecule has 0 spiro atoms. The van der Waals surface area contributed by atoms with Gasteiger partial charge in [0.2, 0.25) is 5.91 Å². The van der Waals surface area contributed by atoms with Crippen LogP contribution in [-0.2, 0) is 11.0 Å². The zero-order valence-electron chi connectivity index (χ0n) is 13.3. The van der Waals surface area contributed by atoms with E-state index < -0.39 is 17.3 Å². The van der Waals surface area contributed by atoms with E-state index in [-0.39, 0.29) is 17.5 Å². The van der Waals surface area contributed by atoms with E-state index in [0.717, 1.165) is 23.1 Å². The number of nitrogens with one attached hydrogen (secondary N) is 1. The van der Waals surface area contributed by atoms with Crippen LogP contribution in [0.25, 0.3) is 0 Å². The van der Waals surface area contributed by atoms with Gasteiger partial charge in [-0.15, -0.1) is 11.8 Å². The summed E-state index contributed by atoms with van der Waals surface area (Å²) in [5.74, 6) is -0.133. The molecule has 0 aliphatic rings. The van der Waals surface area contributed by atoms with Crippen LogP contribution in [0.3, 0.4) is 0 Å². The van der Waals surface area contributed by atoms with E-state index in [1.807, 2.05) is 30.3 Å². The van der Waals surface area contributed by atoms with Gasteiger partial charge in [-0.2, -0.15) is 18.4 Å². The number of anilines is 1. The Morgan fingerprint density at radius 1 is 1.24 bits per heavy atom. The number of alkyl halides is 3. The molecule has 130 valence electrons. The smallest absolute Gasteiger partial charge is 0.326 e. The van der Waals surface area contributed by atoms with Gasteiger partial charge in [-0.05, 0) is 30.3 Å². The first kappa shape index (κ1) is 18.9. The van der Waals surface area contributed by atoms with Gasteiger partial charge in [0, 0.05) is 22.3 Å². The van der Waals surface area contributed by atoms with Crippen molar-refractivity contribution in [3.05, 3.63) is 59.7 Å². The quantitative estimate of drug-likeness (QED) is 0.764. The second-order valence-electron chi connectivity index (χ2n) is 5.38. The molecule has 2 aromatic carbocycles. The molecule has 0 aliphatic heterocycles. The van der Waals surface area contributed by atoms with E-state index in [1.165, 1.54) is 17.8 Å². The van der Waals surface area contributed by atoms with Crippen LogP contribution in [0.1, 0.15) is 18.1 Å². The molecule has 2 rings (SSSR count). The Morgan fingerprint density at radius 2 is 1.92 bits per heavy atom. The molecule has 7 heteroatoms. The number of nitrogens with zero attached hydrogens (tertiary/aromatic N) is 1. The molecule has 0 heterocycles. The molecule has 2 aromatic rings. The maximum absolute atomic E-state index is 12.8. The summed E-state index contributed by atoms with van der Waals surface area (Å²) < 4.78 is 38.3. The van der Waals surface area contributed by atoms with Crippen molar-refractivity contribution in [1.29, 1.82) is 5.26 Å². The molecule has 0 unspecified atom stereocenters. The van der Waals surface area contributed by atoms with Gasteiger partial charge in [-0.3, -0.25) is 4.79 Å². The van der Waals surface area contributed by atoms with Crippen molar-refractivity contribution in [3.8, 4) is 6.07 Å². The van der Waals surface area contributed by atoms with Crippen molar-refractivity contribution < 1.29 is 18.0 Å². The standard InChI is InChI=1S/C18H15F3N2OS/c1-12(11-25-15-5-3-2-4-6-15)17(24)23-14-7-8-16(18(19,20)21)13(9-14)10-22/h2-9,12H,11H2,1H3,(H,23,24)/t12-/m0/s1. The van der Waals surface area contributed by atoms with Crippen LogP contribution < -0.4 is 5.32 Å². The molecule has 0 radical (unpaired) electrons. The van der Waals surface area contributed by atoms with E-state index >= 15 is 0 Å². The topological polar surface area (TPSA) is 52.9 Å². The lowest BCUT2D eigenvalue weighted by Crippen LogP contribution is -2.22. The molecule has 1 N–H and O–H groups in total. The lowest BCUT2D eigenvalue weighted by molar-refractivity contribution is -0.137. The minimum absolute atomic E-state index is 0.172. The van der Waals surface area contributed by atoms with Crippen LogP contribution in [0.4, 0.5) is 18.9 Å². The zero-order chi connectivity index (χ0) is 18.4. The summed E-state index contributed by atoms with van der Waals surface area (Å²) in [5, 5.41) is 11.5. The number of carbonyl (C=O) groups is 1. The fourth-order valence-electron chi connectivity index (χ4n) is 2.04. The van der Waals surface area contributed by atoms with Gasteiger partial charge in [0.05, 0.1) is 17.2 Å². The average Bonchev–Trinajstić information content (AvgIpc) is 2.59. The SMILES string of the molecule is C[C@@H](CSc1ccccc1)C(=O)Nc1ccc(C(F)(F)F)c(C#N)c1. The fourth-order valence-corrected chi connectivity index (χ4v) is 2.98. The van der Waals surface area contributed by atoms with Crippen LogP contribution in [0.2, 0.25) is 0 Å². The van der Waals surface area contributed by atoms with Gasteiger partial charge in [-0.25, -0.2) is 0 Å². The van der Waals surface area contributed by atoms with Gasteiger partial charge in [0.25, 0.3) is 0 Å². The number of halogens is 3. The number of thioether (sulfide) groups is 1. The molecule has 1 amide bonds. The Balaban J connectivity index is 2.01. The van der Waals surface area contributed by atoms with Crippen LogP contribution in [-0.4, -0.2) is 11.7 Å². The van der Waals surface area contributed by atoms with Gasteiger partial charge in [0.1, 0.15) is 0 Å². The third-order valence-electron chi connectivity index (χ3n) is 3.40. The number of benzene rings is 2. The molecule has 25 heavy (non-hydrogen) atoms. The summed E-state index contributed by atoms with van der Waals surface area (Å²) >= 11 is 1.52. The summed E-state index contributed by atoms with van der Waals surface area (Å²) in [4.78, 5) is 13.2. The molecule has 1 atom stereocenters. The normalized spacial score (nSPS) is 12.3. The van der Waals surface area contributed by atoms with Crippen LogP contribution in [0.15, 0.2) is 53.4 Å². The first-order valence-electron chi connectivity index (χ1n) is 7.41. The first-order chi connectivity index (χ1) is 11.8. The van der Waals surface area contributed by atoms with E-state index in [1.54, 1.807) is 6.92 Å². The summed E-state index contributed by atoms with van der Waals surface area (Å²) in [7, 11) is 0. The molecule has 0 bridgehead atoms. The Morgan fingerprint density at radius 3 is 2.52 bits per heavy atom. The highest BCUT2D eigenvalue weighted by Gasteiger charge is 2.33. The number of carbonyl (C=O) groups excluding carboxylic acids is 1. The van der Waals surface area contributed by atoms with Crippen molar-refractivity contribution in [2.24, 2.45) is 5.92 Å². The number of amides is 1. The number of nitriles is 1. The highest BCUT2D eigenvalue weighted by atomic mass is 32.2. The largest absolute Gasteiger partial charge is 0.417 e. The predicted octanol–water partition coefficient (Wildman–Crippen LogP) is 4.94. The molecule has 0 saturated carbocycles. The lowest BCUT2D eigenvalue weighted by Gasteiger charge is -2.14. The second kappa shape index (κ2) is 8.08. The first-order valence-corrected chi connectivity index (χ1v) is 8.40. The van der Waals surface area contributed by atoms with E-state index in [0.29, 0.717) is 5.75 Å². The molecule has 0 aromatic heterocycles. The molecule has 0 fully saturated rings. The van der Waals surface area contributed by atoms with Crippen molar-refractivity contribution in [2.45, 2.75) is 18.0 Å². The summed E-state index contributed by atoms with van der Waals surface area (Å²) in [6, 6.07) is 14.1. The third kappa shape index (κ3) is 5.26. The van der Waals surface area contributed by atoms with Crippen molar-refractivity contribution in [2.75, 3.05) is 11.1 Å². The Hall–Kier alpha value is -2.46. The van der Waals surface area contributed by atoms with Crippen LogP contribution in [0, 0.1) is 17.2 Å². The monoisotopic (exact) mass is 364 g/mol. The van der Waals surface area contributed by atoms with Gasteiger partial charge < -0.3 is 5.32 Å². The van der Waals surface area contributed by atoms with Gasteiger partial charge in [0.15, 0.2) is 0 Å². The molecule has 3 nitrogen and oxygen atoms in total. The molecular weight excluding hydrogens is 349 g/mol. The second-order valence-corrected chi connectivity index (χ2v) is 6.48. The van der Waals surface area contributed by atoms with Crippen molar-refractivity contribution >= 4 is 23.4 Å². The third-order valence-corrected chi connectivity index (χ3v) is 4.68. The summed E-state index contributed by atoms with van der Waals surface area (Å²) in [6.07, 6.45) is -4.60.